The first kappa shape index (κ1) is 33.2. The van der Waals surface area contributed by atoms with Crippen LogP contribution in [0.25, 0.3) is 21.5 Å². The maximum Gasteiger partial charge on any atom is 0.181 e. The molecule has 250 valence electrons. The first-order valence-corrected chi connectivity index (χ1v) is 16.4. The van der Waals surface area contributed by atoms with Crippen molar-refractivity contribution in [3.05, 3.63) is 68.8 Å². The molecule has 4 N–H and O–H groups in total. The highest BCUT2D eigenvalue weighted by Crippen LogP contribution is 2.61. The second-order valence-electron chi connectivity index (χ2n) is 15.1. The minimum atomic E-state index is -2.34. The Morgan fingerprint density at radius 1 is 0.521 bits per heavy atom. The number of hydrogen-bond donors (Lipinski definition) is 4. The molecule has 0 fully saturated rings. The summed E-state index contributed by atoms with van der Waals surface area (Å²) in [4.78, 5) is 59.6. The van der Waals surface area contributed by atoms with Crippen molar-refractivity contribution in [3.63, 3.8) is 0 Å². The summed E-state index contributed by atoms with van der Waals surface area (Å²) in [6.45, 7) is 16.3. The molecule has 4 aromatic rings. The fraction of sp³-hybridized carbons (Fsp3) is 0.400. The minimum Gasteiger partial charge on any atom is -0.507 e. The van der Waals surface area contributed by atoms with E-state index in [9.17, 15) is 39.6 Å². The van der Waals surface area contributed by atoms with Crippen molar-refractivity contribution in [3.8, 4) is 23.0 Å². The van der Waals surface area contributed by atoms with Crippen LogP contribution in [0.2, 0.25) is 0 Å². The van der Waals surface area contributed by atoms with E-state index in [0.29, 0.717) is 34.7 Å². The third-order valence-corrected chi connectivity index (χ3v) is 11.9. The Balaban J connectivity index is 1.70. The zero-order valence-corrected chi connectivity index (χ0v) is 29.1. The zero-order valence-electron chi connectivity index (χ0n) is 29.1. The number of aryl methyl sites for hydroxylation is 2. The molecule has 2 atom stereocenters. The van der Waals surface area contributed by atoms with Gasteiger partial charge in [-0.25, -0.2) is 0 Å². The first-order valence-electron chi connectivity index (χ1n) is 16.4. The normalized spacial score (nSPS) is 23.1. The molecular weight excluding hydrogens is 608 g/mol. The van der Waals surface area contributed by atoms with Crippen molar-refractivity contribution in [2.75, 3.05) is 0 Å². The molecule has 4 aromatic carbocycles. The number of rotatable bonds is 3. The fourth-order valence-electron chi connectivity index (χ4n) is 8.87. The maximum absolute atomic E-state index is 15.0. The van der Waals surface area contributed by atoms with Crippen LogP contribution in [-0.2, 0) is 33.3 Å². The number of Topliss-reactive ketones (excluding diaryl/α,β-unsaturated/α-hetero) is 4. The average molecular weight is 651 g/mol. The lowest BCUT2D eigenvalue weighted by Gasteiger charge is -2.53. The van der Waals surface area contributed by atoms with E-state index < -0.39 is 56.3 Å². The van der Waals surface area contributed by atoms with Gasteiger partial charge >= 0.3 is 0 Å². The number of phenols is 4. The van der Waals surface area contributed by atoms with Gasteiger partial charge in [0.1, 0.15) is 33.8 Å². The van der Waals surface area contributed by atoms with E-state index in [4.69, 9.17) is 0 Å². The van der Waals surface area contributed by atoms with Crippen molar-refractivity contribution >= 4 is 44.7 Å². The maximum atomic E-state index is 15.0. The van der Waals surface area contributed by atoms with E-state index in [0.717, 1.165) is 11.1 Å². The van der Waals surface area contributed by atoms with Crippen LogP contribution in [0.5, 0.6) is 23.0 Å². The minimum absolute atomic E-state index is 0.0517. The quantitative estimate of drug-likeness (QED) is 0.168. The topological polar surface area (TPSA) is 149 Å². The summed E-state index contributed by atoms with van der Waals surface area (Å²) in [6, 6.07) is 6.81. The smallest absolute Gasteiger partial charge is 0.181 e. The lowest BCUT2D eigenvalue weighted by molar-refractivity contribution is -0.146. The Hall–Kier alpha value is -4.72. The van der Waals surface area contributed by atoms with Crippen LogP contribution >= 0.6 is 0 Å². The van der Waals surface area contributed by atoms with Gasteiger partial charge in [-0.1, -0.05) is 26.0 Å². The molecule has 0 aliphatic heterocycles. The number of carbonyl (C=O) groups excluding carboxylic acids is 4. The zero-order chi connectivity index (χ0) is 35.8. The summed E-state index contributed by atoms with van der Waals surface area (Å²) < 4.78 is 0. The number of hydrogen-bond acceptors (Lipinski definition) is 8. The van der Waals surface area contributed by atoms with E-state index >= 15 is 0 Å². The van der Waals surface area contributed by atoms with E-state index in [2.05, 4.69) is 0 Å². The van der Waals surface area contributed by atoms with Gasteiger partial charge in [0.15, 0.2) is 23.1 Å². The summed E-state index contributed by atoms with van der Waals surface area (Å²) in [5.41, 5.74) is -4.88. The molecule has 2 aliphatic carbocycles. The Morgan fingerprint density at radius 3 is 1.12 bits per heavy atom. The number of benzene rings is 4. The lowest BCUT2D eigenvalue weighted by atomic mass is 9.44. The van der Waals surface area contributed by atoms with Crippen LogP contribution in [0.15, 0.2) is 24.3 Å². The Kier molecular flexibility index (Phi) is 6.85. The third-order valence-electron chi connectivity index (χ3n) is 11.9. The van der Waals surface area contributed by atoms with Crippen LogP contribution in [0, 0.1) is 24.7 Å². The van der Waals surface area contributed by atoms with Crippen LogP contribution in [0.3, 0.4) is 0 Å². The van der Waals surface area contributed by atoms with Gasteiger partial charge in [0.2, 0.25) is 0 Å². The first-order chi connectivity index (χ1) is 22.2. The van der Waals surface area contributed by atoms with Crippen molar-refractivity contribution in [1.82, 2.24) is 0 Å². The lowest BCUT2D eigenvalue weighted by Crippen LogP contribution is -2.67. The van der Waals surface area contributed by atoms with E-state index in [-0.39, 0.29) is 44.5 Å². The number of carbonyl (C=O) groups is 4. The molecule has 8 heteroatoms. The number of phenolic OH excluding ortho intramolecular Hbond substituents is 4. The molecule has 0 amide bonds. The van der Waals surface area contributed by atoms with Gasteiger partial charge in [-0.05, 0) is 125 Å². The summed E-state index contributed by atoms with van der Waals surface area (Å²) >= 11 is 0. The van der Waals surface area contributed by atoms with Gasteiger partial charge in [0.05, 0.1) is 32.7 Å². The molecule has 2 aliphatic rings. The Morgan fingerprint density at radius 2 is 0.833 bits per heavy atom. The molecular formula is C40H42O8. The molecule has 0 spiro atoms. The van der Waals surface area contributed by atoms with Gasteiger partial charge in [-0.2, -0.15) is 0 Å². The predicted octanol–water partition coefficient (Wildman–Crippen LogP) is 7.36. The molecule has 0 radical (unpaired) electrons. The molecule has 0 aromatic heterocycles. The third kappa shape index (κ3) is 3.61. The number of fused-ring (bicyclic) bond motifs is 4. The van der Waals surface area contributed by atoms with E-state index in [1.807, 2.05) is 27.7 Å². The van der Waals surface area contributed by atoms with Crippen molar-refractivity contribution in [1.29, 1.82) is 0 Å². The van der Waals surface area contributed by atoms with Gasteiger partial charge < -0.3 is 20.4 Å². The van der Waals surface area contributed by atoms with E-state index in [1.165, 1.54) is 13.8 Å². The standard InChI is InChI=1S/C40H42O8/c1-11-21-17(3)13-19-15-23-27(31(43)25(19)29(21)41)33(45)39(9,35(47)37(23,5)6)40(10)34(46)28-24(38(7,8)36(40)48)16-20-14-18(4)22(12-2)30(42)26(20)32(28)44/h13-16,41-44H,11-12H2,1-10H3. The highest BCUT2D eigenvalue weighted by atomic mass is 16.3. The Labute approximate surface area is 279 Å². The predicted molar refractivity (Wildman–Crippen MR) is 184 cm³/mol. The molecule has 0 saturated carbocycles. The molecule has 0 bridgehead atoms. The SMILES string of the molecule is CCc1c(C)cc2cc3c(c(O)c2c1O)C(=O)C(C)(C1(C)C(=O)c2c(cc4cc(C)c(CC)c(O)c4c2O)C(C)(C)C1=O)C(=O)C3(C)C. The Bertz CT molecular complexity index is 2060. The van der Waals surface area contributed by atoms with Crippen LogP contribution in [0.1, 0.15) is 109 Å². The number of ketones is 4. The second kappa shape index (κ2) is 9.91. The molecule has 0 heterocycles. The van der Waals surface area contributed by atoms with Gasteiger partial charge in [0, 0.05) is 0 Å². The fourth-order valence-corrected chi connectivity index (χ4v) is 8.87. The van der Waals surface area contributed by atoms with Gasteiger partial charge in [-0.3, -0.25) is 19.2 Å². The average Bonchev–Trinajstić information content (AvgIpc) is 3.00. The highest BCUT2D eigenvalue weighted by Gasteiger charge is 2.71. The second-order valence-corrected chi connectivity index (χ2v) is 15.1. The molecule has 48 heavy (non-hydrogen) atoms. The highest BCUT2D eigenvalue weighted by molar-refractivity contribution is 6.34. The van der Waals surface area contributed by atoms with Gasteiger partial charge in [-0.15, -0.1) is 0 Å². The summed E-state index contributed by atoms with van der Waals surface area (Å²) in [5, 5.41) is 47.2. The van der Waals surface area contributed by atoms with Crippen LogP contribution < -0.4 is 0 Å². The van der Waals surface area contributed by atoms with Gasteiger partial charge in [0.25, 0.3) is 0 Å². The van der Waals surface area contributed by atoms with Crippen LogP contribution in [-0.4, -0.2) is 43.6 Å². The van der Waals surface area contributed by atoms with Crippen molar-refractivity contribution in [2.24, 2.45) is 10.8 Å². The summed E-state index contributed by atoms with van der Waals surface area (Å²) in [7, 11) is 0. The monoisotopic (exact) mass is 650 g/mol. The molecule has 0 saturated heterocycles. The van der Waals surface area contributed by atoms with Crippen molar-refractivity contribution in [2.45, 2.75) is 92.9 Å². The van der Waals surface area contributed by atoms with Crippen LogP contribution in [0.4, 0.5) is 0 Å². The summed E-state index contributed by atoms with van der Waals surface area (Å²) in [5.74, 6) is -4.62. The molecule has 2 unspecified atom stereocenters. The summed E-state index contributed by atoms with van der Waals surface area (Å²) in [6.07, 6.45) is 0.921. The molecule has 6 rings (SSSR count). The molecule has 8 nitrogen and oxygen atoms in total. The van der Waals surface area contributed by atoms with E-state index in [1.54, 1.807) is 52.0 Å². The number of aromatic hydroxyl groups is 4. The van der Waals surface area contributed by atoms with Crippen molar-refractivity contribution < 1.29 is 39.6 Å². The largest absolute Gasteiger partial charge is 0.507 e.